The zero-order valence-corrected chi connectivity index (χ0v) is 11.7. The maximum Gasteiger partial charge on any atom is 0.114 e. The lowest BCUT2D eigenvalue weighted by molar-refractivity contribution is 0.187. The Morgan fingerprint density at radius 3 is 3.21 bits per heavy atom. The topological polar surface area (TPSA) is 49.9 Å². The van der Waals surface area contributed by atoms with Gasteiger partial charge in [-0.2, -0.15) is 0 Å². The van der Waals surface area contributed by atoms with Crippen LogP contribution in [0.5, 0.6) is 0 Å². The van der Waals surface area contributed by atoms with E-state index in [1.54, 1.807) is 0 Å². The van der Waals surface area contributed by atoms with E-state index >= 15 is 0 Å². The fourth-order valence-corrected chi connectivity index (χ4v) is 2.70. The number of aromatic nitrogens is 2. The van der Waals surface area contributed by atoms with Crippen molar-refractivity contribution in [1.82, 2.24) is 15.3 Å². The van der Waals surface area contributed by atoms with E-state index in [-0.39, 0.29) is 5.92 Å². The first-order valence-electron chi connectivity index (χ1n) is 6.74. The number of rotatable bonds is 4. The van der Waals surface area contributed by atoms with Crippen LogP contribution in [0.2, 0.25) is 5.02 Å². The van der Waals surface area contributed by atoms with Crippen LogP contribution >= 0.6 is 11.6 Å². The molecule has 1 aromatic carbocycles. The van der Waals surface area contributed by atoms with Crippen LogP contribution in [0.25, 0.3) is 11.0 Å². The van der Waals surface area contributed by atoms with Crippen molar-refractivity contribution in [3.8, 4) is 0 Å². The molecule has 1 fully saturated rings. The Morgan fingerprint density at radius 1 is 1.47 bits per heavy atom. The molecule has 2 unspecified atom stereocenters. The number of aromatic amines is 1. The second-order valence-corrected chi connectivity index (χ2v) is 5.42. The molecular formula is C14H18ClN3O. The standard InChI is InChI=1S/C14H18ClN3O/c1-2-5-16-13-8-19-7-10(13)14-17-11-4-3-9(15)6-12(11)18-14/h3-4,6,10,13,16H,2,5,7-8H2,1H3,(H,17,18). The lowest BCUT2D eigenvalue weighted by atomic mass is 10.0. The summed E-state index contributed by atoms with van der Waals surface area (Å²) < 4.78 is 5.59. The molecule has 1 aromatic heterocycles. The highest BCUT2D eigenvalue weighted by Gasteiger charge is 2.31. The Bertz CT molecular complexity index is 569. The van der Waals surface area contributed by atoms with E-state index in [1.807, 2.05) is 18.2 Å². The Hall–Kier alpha value is -1.10. The monoisotopic (exact) mass is 279 g/mol. The molecule has 0 spiro atoms. The summed E-state index contributed by atoms with van der Waals surface area (Å²) in [6, 6.07) is 6.07. The maximum absolute atomic E-state index is 6.00. The quantitative estimate of drug-likeness (QED) is 0.905. The van der Waals surface area contributed by atoms with Crippen LogP contribution in [0.1, 0.15) is 25.1 Å². The van der Waals surface area contributed by atoms with Gasteiger partial charge in [-0.05, 0) is 31.2 Å². The molecular weight excluding hydrogens is 262 g/mol. The lowest BCUT2D eigenvalue weighted by Crippen LogP contribution is -2.35. The molecule has 1 saturated heterocycles. The molecule has 5 heteroatoms. The maximum atomic E-state index is 6.00. The van der Waals surface area contributed by atoms with Crippen LogP contribution in [0.3, 0.4) is 0 Å². The van der Waals surface area contributed by atoms with Crippen molar-refractivity contribution >= 4 is 22.6 Å². The van der Waals surface area contributed by atoms with Crippen molar-refractivity contribution in [2.24, 2.45) is 0 Å². The van der Waals surface area contributed by atoms with Gasteiger partial charge in [0.2, 0.25) is 0 Å². The highest BCUT2D eigenvalue weighted by atomic mass is 35.5. The Morgan fingerprint density at radius 2 is 2.37 bits per heavy atom. The van der Waals surface area contributed by atoms with E-state index in [4.69, 9.17) is 16.3 Å². The summed E-state index contributed by atoms with van der Waals surface area (Å²) in [5.41, 5.74) is 1.95. The van der Waals surface area contributed by atoms with Crippen LogP contribution in [-0.2, 0) is 4.74 Å². The molecule has 0 bridgehead atoms. The van der Waals surface area contributed by atoms with Gasteiger partial charge in [-0.1, -0.05) is 18.5 Å². The Labute approximate surface area is 117 Å². The highest BCUT2D eigenvalue weighted by Crippen LogP contribution is 2.26. The van der Waals surface area contributed by atoms with Crippen LogP contribution in [0.4, 0.5) is 0 Å². The fourth-order valence-electron chi connectivity index (χ4n) is 2.53. The lowest BCUT2D eigenvalue weighted by Gasteiger charge is -2.16. The van der Waals surface area contributed by atoms with E-state index in [1.165, 1.54) is 0 Å². The number of fused-ring (bicyclic) bond motifs is 1. The molecule has 4 nitrogen and oxygen atoms in total. The minimum Gasteiger partial charge on any atom is -0.379 e. The first kappa shape index (κ1) is 12.9. The van der Waals surface area contributed by atoms with Crippen molar-refractivity contribution < 1.29 is 4.74 Å². The van der Waals surface area contributed by atoms with E-state index < -0.39 is 0 Å². The van der Waals surface area contributed by atoms with Gasteiger partial charge in [-0.15, -0.1) is 0 Å². The largest absolute Gasteiger partial charge is 0.379 e. The molecule has 0 saturated carbocycles. The first-order valence-corrected chi connectivity index (χ1v) is 7.12. The van der Waals surface area contributed by atoms with Crippen LogP contribution < -0.4 is 5.32 Å². The average molecular weight is 280 g/mol. The number of nitrogens with one attached hydrogen (secondary N) is 2. The van der Waals surface area contributed by atoms with Crippen molar-refractivity contribution in [2.75, 3.05) is 19.8 Å². The third-order valence-corrected chi connectivity index (χ3v) is 3.79. The van der Waals surface area contributed by atoms with Gasteiger partial charge in [0.15, 0.2) is 0 Å². The van der Waals surface area contributed by atoms with Gasteiger partial charge in [0.05, 0.1) is 30.2 Å². The molecule has 2 heterocycles. The Balaban J connectivity index is 1.86. The molecule has 2 aromatic rings. The zero-order chi connectivity index (χ0) is 13.2. The van der Waals surface area contributed by atoms with Crippen molar-refractivity contribution in [3.63, 3.8) is 0 Å². The number of halogens is 1. The number of nitrogens with zero attached hydrogens (tertiary/aromatic N) is 1. The highest BCUT2D eigenvalue weighted by molar-refractivity contribution is 6.31. The predicted molar refractivity (Wildman–Crippen MR) is 76.7 cm³/mol. The van der Waals surface area contributed by atoms with Gasteiger partial charge in [0, 0.05) is 11.1 Å². The van der Waals surface area contributed by atoms with Gasteiger partial charge < -0.3 is 15.0 Å². The molecule has 0 amide bonds. The van der Waals surface area contributed by atoms with E-state index in [9.17, 15) is 0 Å². The van der Waals surface area contributed by atoms with Crippen molar-refractivity contribution in [1.29, 1.82) is 0 Å². The molecule has 2 N–H and O–H groups in total. The summed E-state index contributed by atoms with van der Waals surface area (Å²) in [4.78, 5) is 8.03. The molecule has 102 valence electrons. The first-order chi connectivity index (χ1) is 9.28. The summed E-state index contributed by atoms with van der Waals surface area (Å²) in [7, 11) is 0. The fraction of sp³-hybridized carbons (Fsp3) is 0.500. The summed E-state index contributed by atoms with van der Waals surface area (Å²) >= 11 is 6.00. The molecule has 1 aliphatic heterocycles. The molecule has 3 rings (SSSR count). The van der Waals surface area contributed by atoms with Crippen LogP contribution in [-0.4, -0.2) is 35.8 Å². The summed E-state index contributed by atoms with van der Waals surface area (Å²) in [5.74, 6) is 1.28. The van der Waals surface area contributed by atoms with Gasteiger partial charge in [0.1, 0.15) is 5.82 Å². The number of ether oxygens (including phenoxy) is 1. The summed E-state index contributed by atoms with van der Waals surface area (Å²) in [6.45, 7) is 4.65. The normalized spacial score (nSPS) is 23.3. The Kier molecular flexibility index (Phi) is 3.73. The number of imidazole rings is 1. The van der Waals surface area contributed by atoms with E-state index in [0.29, 0.717) is 6.04 Å². The van der Waals surface area contributed by atoms with Crippen LogP contribution in [0.15, 0.2) is 18.2 Å². The molecule has 19 heavy (non-hydrogen) atoms. The average Bonchev–Trinajstić information content (AvgIpc) is 3.01. The SMILES string of the molecule is CCCNC1COCC1c1nc2ccc(Cl)cc2[nH]1. The second-order valence-electron chi connectivity index (χ2n) is 4.99. The molecule has 0 aliphatic carbocycles. The third kappa shape index (κ3) is 2.61. The summed E-state index contributed by atoms with van der Waals surface area (Å²) in [5, 5.41) is 4.25. The van der Waals surface area contributed by atoms with Crippen molar-refractivity contribution in [3.05, 3.63) is 29.0 Å². The number of hydrogen-bond donors (Lipinski definition) is 2. The van der Waals surface area contributed by atoms with E-state index in [0.717, 1.165) is 48.1 Å². The predicted octanol–water partition coefficient (Wildman–Crippen LogP) is 2.70. The second kappa shape index (κ2) is 5.49. The minimum absolute atomic E-state index is 0.290. The van der Waals surface area contributed by atoms with Gasteiger partial charge in [0.25, 0.3) is 0 Å². The third-order valence-electron chi connectivity index (χ3n) is 3.55. The smallest absolute Gasteiger partial charge is 0.114 e. The minimum atomic E-state index is 0.290. The number of H-pyrrole nitrogens is 1. The number of benzene rings is 1. The van der Waals surface area contributed by atoms with Crippen LogP contribution in [0, 0.1) is 0 Å². The molecule has 1 aliphatic rings. The molecule has 2 atom stereocenters. The van der Waals surface area contributed by atoms with Crippen molar-refractivity contribution in [2.45, 2.75) is 25.3 Å². The molecule has 0 radical (unpaired) electrons. The van der Waals surface area contributed by atoms with Gasteiger partial charge >= 0.3 is 0 Å². The van der Waals surface area contributed by atoms with E-state index in [2.05, 4.69) is 22.2 Å². The van der Waals surface area contributed by atoms with Gasteiger partial charge in [-0.3, -0.25) is 0 Å². The zero-order valence-electron chi connectivity index (χ0n) is 10.9. The van der Waals surface area contributed by atoms with Gasteiger partial charge in [-0.25, -0.2) is 4.98 Å². The number of hydrogen-bond acceptors (Lipinski definition) is 3. The summed E-state index contributed by atoms with van der Waals surface area (Å²) in [6.07, 6.45) is 1.12.